The fraction of sp³-hybridized carbons (Fsp3) is 0.188. The van der Waals surface area contributed by atoms with Gasteiger partial charge in [0.25, 0.3) is 17.4 Å². The molecule has 0 saturated heterocycles. The average molecular weight is 312 g/mol. The molecule has 0 atom stereocenters. The van der Waals surface area contributed by atoms with E-state index in [1.807, 2.05) is 31.1 Å². The van der Waals surface area contributed by atoms with Crippen LogP contribution in [0, 0.1) is 0 Å². The molecule has 2 heterocycles. The van der Waals surface area contributed by atoms with Gasteiger partial charge in [-0.15, -0.1) is 0 Å². The molecule has 0 spiro atoms. The molecule has 1 aromatic carbocycles. The number of nitrogens with one attached hydrogen (secondary N) is 1. The van der Waals surface area contributed by atoms with Crippen LogP contribution in [-0.2, 0) is 6.54 Å². The number of anilines is 1. The number of nitrogens with two attached hydrogens (primary N) is 1. The number of imide groups is 1. The molecule has 1 aliphatic heterocycles. The monoisotopic (exact) mass is 312 g/mol. The van der Waals surface area contributed by atoms with Crippen LogP contribution >= 0.6 is 0 Å². The second-order valence-electron chi connectivity index (χ2n) is 5.64. The Bertz CT molecular complexity index is 883. The molecule has 7 nitrogen and oxygen atoms in total. The van der Waals surface area contributed by atoms with Gasteiger partial charge in [0, 0.05) is 12.6 Å². The molecule has 118 valence electrons. The first kappa shape index (κ1) is 15.0. The summed E-state index contributed by atoms with van der Waals surface area (Å²) in [5, 5.41) is 2.16. The number of benzene rings is 1. The van der Waals surface area contributed by atoms with Crippen molar-refractivity contribution in [3.8, 4) is 5.69 Å². The van der Waals surface area contributed by atoms with Crippen LogP contribution in [-0.4, -0.2) is 35.4 Å². The van der Waals surface area contributed by atoms with E-state index in [1.165, 1.54) is 4.57 Å². The number of hydrogen-bond acceptors (Lipinski definition) is 5. The number of amides is 2. The number of para-hydroxylation sites is 1. The highest BCUT2D eigenvalue weighted by Crippen LogP contribution is 2.24. The predicted octanol–water partition coefficient (Wildman–Crippen LogP) is 0.365. The van der Waals surface area contributed by atoms with E-state index in [1.54, 1.807) is 12.1 Å². The number of rotatable bonds is 3. The standard InChI is InChI=1S/C16H16N4O3/c1-19(2)8-9-5-3-4-6-11(9)20-12(21)7-10-13(14(20)17)16(23)18-15(10)22/h3-7H,8,17H2,1-2H3,(H,18,22,23). The number of nitrogen functional groups attached to an aromatic ring is 1. The van der Waals surface area contributed by atoms with E-state index < -0.39 is 17.4 Å². The number of fused-ring (bicyclic) bond motifs is 1. The summed E-state index contributed by atoms with van der Waals surface area (Å²) in [6, 6.07) is 8.46. The normalized spacial score (nSPS) is 13.3. The summed E-state index contributed by atoms with van der Waals surface area (Å²) in [4.78, 5) is 38.0. The first-order valence-corrected chi connectivity index (χ1v) is 7.04. The largest absolute Gasteiger partial charge is 0.384 e. The van der Waals surface area contributed by atoms with E-state index >= 15 is 0 Å². The highest BCUT2D eigenvalue weighted by molar-refractivity contribution is 6.23. The molecule has 7 heteroatoms. The van der Waals surface area contributed by atoms with Gasteiger partial charge in [0.2, 0.25) is 0 Å². The minimum atomic E-state index is -0.595. The Kier molecular flexibility index (Phi) is 3.49. The zero-order valence-electron chi connectivity index (χ0n) is 12.8. The Morgan fingerprint density at radius 3 is 2.52 bits per heavy atom. The van der Waals surface area contributed by atoms with Gasteiger partial charge in [-0.25, -0.2) is 0 Å². The maximum Gasteiger partial charge on any atom is 0.262 e. The zero-order valence-corrected chi connectivity index (χ0v) is 12.8. The van der Waals surface area contributed by atoms with Gasteiger partial charge in [0.1, 0.15) is 5.82 Å². The van der Waals surface area contributed by atoms with Gasteiger partial charge in [-0.2, -0.15) is 0 Å². The van der Waals surface area contributed by atoms with Crippen molar-refractivity contribution in [2.45, 2.75) is 6.54 Å². The van der Waals surface area contributed by atoms with Crippen LogP contribution in [0.3, 0.4) is 0 Å². The van der Waals surface area contributed by atoms with Gasteiger partial charge >= 0.3 is 0 Å². The fourth-order valence-electron chi connectivity index (χ4n) is 2.73. The average Bonchev–Trinajstić information content (AvgIpc) is 2.75. The molecule has 0 unspecified atom stereocenters. The molecule has 1 aromatic heterocycles. The number of aromatic nitrogens is 1. The summed E-state index contributed by atoms with van der Waals surface area (Å²) in [5.74, 6) is -1.20. The molecule has 2 amide bonds. The number of carbonyl (C=O) groups is 2. The summed E-state index contributed by atoms with van der Waals surface area (Å²) in [5.41, 5.74) is 7.17. The van der Waals surface area contributed by atoms with Gasteiger partial charge in [0.15, 0.2) is 0 Å². The quantitative estimate of drug-likeness (QED) is 0.798. The molecule has 0 aliphatic carbocycles. The van der Waals surface area contributed by atoms with E-state index in [0.717, 1.165) is 11.6 Å². The highest BCUT2D eigenvalue weighted by Gasteiger charge is 2.32. The van der Waals surface area contributed by atoms with Gasteiger partial charge in [-0.3, -0.25) is 24.3 Å². The highest BCUT2D eigenvalue weighted by atomic mass is 16.2. The van der Waals surface area contributed by atoms with Crippen LogP contribution in [0.5, 0.6) is 0 Å². The van der Waals surface area contributed by atoms with Crippen LogP contribution in [0.4, 0.5) is 5.82 Å². The molecule has 3 rings (SSSR count). The molecule has 0 radical (unpaired) electrons. The van der Waals surface area contributed by atoms with Crippen LogP contribution in [0.25, 0.3) is 5.69 Å². The smallest absolute Gasteiger partial charge is 0.262 e. The van der Waals surface area contributed by atoms with Crippen molar-refractivity contribution in [1.29, 1.82) is 0 Å². The first-order chi connectivity index (χ1) is 10.9. The molecule has 3 N–H and O–H groups in total. The van der Waals surface area contributed by atoms with E-state index in [0.29, 0.717) is 12.2 Å². The fourth-order valence-corrected chi connectivity index (χ4v) is 2.73. The third-order valence-corrected chi connectivity index (χ3v) is 3.67. The van der Waals surface area contributed by atoms with E-state index in [9.17, 15) is 14.4 Å². The summed E-state index contributed by atoms with van der Waals surface area (Å²) in [6.07, 6.45) is 0. The number of carbonyl (C=O) groups excluding carboxylic acids is 2. The van der Waals surface area contributed by atoms with E-state index in [-0.39, 0.29) is 16.9 Å². The third kappa shape index (κ3) is 2.40. The third-order valence-electron chi connectivity index (χ3n) is 3.67. The minimum absolute atomic E-state index is 0.0259. The number of nitrogens with zero attached hydrogens (tertiary/aromatic N) is 2. The lowest BCUT2D eigenvalue weighted by Gasteiger charge is -2.18. The van der Waals surface area contributed by atoms with Crippen molar-refractivity contribution in [2.24, 2.45) is 0 Å². The Morgan fingerprint density at radius 1 is 1.13 bits per heavy atom. The summed E-state index contributed by atoms with van der Waals surface area (Å²) in [6.45, 7) is 0.601. The molecule has 0 fully saturated rings. The lowest BCUT2D eigenvalue weighted by Crippen LogP contribution is -2.25. The maximum atomic E-state index is 12.5. The minimum Gasteiger partial charge on any atom is -0.384 e. The second kappa shape index (κ2) is 5.36. The molecular formula is C16H16N4O3. The molecule has 1 aliphatic rings. The van der Waals surface area contributed by atoms with Gasteiger partial charge in [-0.1, -0.05) is 18.2 Å². The number of hydrogen-bond donors (Lipinski definition) is 2. The molecular weight excluding hydrogens is 296 g/mol. The lowest BCUT2D eigenvalue weighted by atomic mass is 10.1. The molecule has 0 saturated carbocycles. The maximum absolute atomic E-state index is 12.5. The SMILES string of the molecule is CN(C)Cc1ccccc1-n1c(N)c2c(cc1=O)C(=O)NC2=O. The summed E-state index contributed by atoms with van der Waals surface area (Å²) < 4.78 is 1.27. The molecule has 0 bridgehead atoms. The van der Waals surface area contributed by atoms with Crippen molar-refractivity contribution < 1.29 is 9.59 Å². The van der Waals surface area contributed by atoms with E-state index in [2.05, 4.69) is 5.32 Å². The van der Waals surface area contributed by atoms with Crippen molar-refractivity contribution in [2.75, 3.05) is 19.8 Å². The van der Waals surface area contributed by atoms with Crippen molar-refractivity contribution in [3.05, 3.63) is 57.4 Å². The summed E-state index contributed by atoms with van der Waals surface area (Å²) >= 11 is 0. The van der Waals surface area contributed by atoms with Crippen LogP contribution < -0.4 is 16.6 Å². The van der Waals surface area contributed by atoms with Crippen molar-refractivity contribution in [3.63, 3.8) is 0 Å². The Morgan fingerprint density at radius 2 is 1.83 bits per heavy atom. The molecule has 23 heavy (non-hydrogen) atoms. The predicted molar refractivity (Wildman–Crippen MR) is 85.6 cm³/mol. The Hall–Kier alpha value is -2.93. The second-order valence-corrected chi connectivity index (χ2v) is 5.64. The van der Waals surface area contributed by atoms with Gasteiger partial charge in [0.05, 0.1) is 16.8 Å². The first-order valence-electron chi connectivity index (χ1n) is 7.04. The van der Waals surface area contributed by atoms with Crippen molar-refractivity contribution in [1.82, 2.24) is 14.8 Å². The Labute approximate surface area is 132 Å². The summed E-state index contributed by atoms with van der Waals surface area (Å²) in [7, 11) is 3.83. The van der Waals surface area contributed by atoms with Gasteiger partial charge in [-0.05, 0) is 25.7 Å². The lowest BCUT2D eigenvalue weighted by molar-refractivity contribution is 0.0880. The number of pyridine rings is 1. The topological polar surface area (TPSA) is 97.4 Å². The van der Waals surface area contributed by atoms with Gasteiger partial charge < -0.3 is 10.6 Å². The zero-order chi connectivity index (χ0) is 16.7. The van der Waals surface area contributed by atoms with Crippen LogP contribution in [0.2, 0.25) is 0 Å². The van der Waals surface area contributed by atoms with E-state index in [4.69, 9.17) is 5.73 Å². The van der Waals surface area contributed by atoms with Crippen LogP contribution in [0.1, 0.15) is 26.3 Å². The Balaban J connectivity index is 2.28. The van der Waals surface area contributed by atoms with Crippen LogP contribution in [0.15, 0.2) is 35.1 Å². The molecule has 2 aromatic rings. The van der Waals surface area contributed by atoms with Crippen molar-refractivity contribution >= 4 is 17.6 Å².